The van der Waals surface area contributed by atoms with Gasteiger partial charge in [-0.15, -0.1) is 0 Å². The number of amides is 1. The Morgan fingerprint density at radius 2 is 1.81 bits per heavy atom. The maximum atomic E-state index is 13.1. The normalized spacial score (nSPS) is 17.6. The summed E-state index contributed by atoms with van der Waals surface area (Å²) in [6.45, 7) is 2.54. The Hall–Kier alpha value is -3.45. The van der Waals surface area contributed by atoms with Gasteiger partial charge in [0.05, 0.1) is 18.2 Å². The van der Waals surface area contributed by atoms with Crippen LogP contribution in [0.2, 0.25) is 0 Å². The monoisotopic (exact) mass is 492 g/mol. The van der Waals surface area contributed by atoms with Crippen molar-refractivity contribution in [2.75, 3.05) is 11.5 Å². The summed E-state index contributed by atoms with van der Waals surface area (Å²) in [4.78, 5) is 31.7. The minimum Gasteiger partial charge on any atom is -0.507 e. The third-order valence-corrected chi connectivity index (χ3v) is 5.68. The zero-order valence-corrected chi connectivity index (χ0v) is 19.0. The summed E-state index contributed by atoms with van der Waals surface area (Å²) in [5.41, 5.74) is 1.65. The zero-order chi connectivity index (χ0) is 22.7. The summed E-state index contributed by atoms with van der Waals surface area (Å²) < 4.78 is 6.51. The second-order valence-electron chi connectivity index (χ2n) is 7.30. The molecule has 3 aromatic rings. The van der Waals surface area contributed by atoms with Crippen LogP contribution < -0.4 is 9.64 Å². The molecule has 0 bridgehead atoms. The summed E-state index contributed by atoms with van der Waals surface area (Å²) in [6.07, 6.45) is 4.03. The van der Waals surface area contributed by atoms with E-state index in [4.69, 9.17) is 4.74 Å². The van der Waals surface area contributed by atoms with Crippen LogP contribution in [0.1, 0.15) is 30.5 Å². The fourth-order valence-electron chi connectivity index (χ4n) is 3.67. The predicted molar refractivity (Wildman–Crippen MR) is 125 cm³/mol. The molecule has 1 atom stereocenters. The number of rotatable bonds is 6. The molecule has 0 saturated carbocycles. The minimum absolute atomic E-state index is 0.0248. The van der Waals surface area contributed by atoms with Crippen molar-refractivity contribution in [3.63, 3.8) is 0 Å². The largest absolute Gasteiger partial charge is 0.507 e. The first-order chi connectivity index (χ1) is 15.5. The predicted octanol–water partition coefficient (Wildman–Crippen LogP) is 5.26. The van der Waals surface area contributed by atoms with Crippen LogP contribution in [0, 0.1) is 0 Å². The minimum atomic E-state index is -0.792. The van der Waals surface area contributed by atoms with Gasteiger partial charge < -0.3 is 9.84 Å². The lowest BCUT2D eigenvalue weighted by Gasteiger charge is -2.25. The molecule has 0 radical (unpaired) electrons. The average Bonchev–Trinajstić information content (AvgIpc) is 3.09. The van der Waals surface area contributed by atoms with Gasteiger partial charge in [0.2, 0.25) is 0 Å². The molecule has 1 fully saturated rings. The first-order valence-corrected chi connectivity index (χ1v) is 11.0. The zero-order valence-electron chi connectivity index (χ0n) is 17.4. The van der Waals surface area contributed by atoms with Gasteiger partial charge in [0, 0.05) is 28.1 Å². The van der Waals surface area contributed by atoms with E-state index < -0.39 is 17.7 Å². The first kappa shape index (κ1) is 21.8. The highest BCUT2D eigenvalue weighted by Crippen LogP contribution is 2.42. The highest BCUT2D eigenvalue weighted by Gasteiger charge is 2.46. The van der Waals surface area contributed by atoms with Gasteiger partial charge in [-0.3, -0.25) is 19.5 Å². The lowest BCUT2D eigenvalue weighted by Crippen LogP contribution is -2.29. The smallest absolute Gasteiger partial charge is 0.300 e. The number of nitrogens with zero attached hydrogens (tertiary/aromatic N) is 2. The van der Waals surface area contributed by atoms with Crippen molar-refractivity contribution in [2.24, 2.45) is 0 Å². The molecular formula is C25H21BrN2O4. The Labute approximate surface area is 194 Å². The van der Waals surface area contributed by atoms with Gasteiger partial charge in [0.1, 0.15) is 11.5 Å². The van der Waals surface area contributed by atoms with Crippen LogP contribution in [0.5, 0.6) is 5.75 Å². The quantitative estimate of drug-likeness (QED) is 0.288. The van der Waals surface area contributed by atoms with Crippen molar-refractivity contribution in [1.29, 1.82) is 0 Å². The molecule has 7 heteroatoms. The number of aliphatic hydroxyl groups excluding tert-OH is 1. The topological polar surface area (TPSA) is 79.7 Å². The van der Waals surface area contributed by atoms with Crippen LogP contribution in [-0.4, -0.2) is 28.4 Å². The second kappa shape index (κ2) is 9.36. The van der Waals surface area contributed by atoms with Crippen LogP contribution in [0.4, 0.5) is 5.69 Å². The number of aromatic nitrogens is 1. The third kappa shape index (κ3) is 4.16. The molecule has 0 aliphatic carbocycles. The molecule has 1 N–H and O–H groups in total. The van der Waals surface area contributed by atoms with E-state index >= 15 is 0 Å². The van der Waals surface area contributed by atoms with Crippen molar-refractivity contribution >= 4 is 39.1 Å². The van der Waals surface area contributed by atoms with E-state index in [9.17, 15) is 14.7 Å². The van der Waals surface area contributed by atoms with E-state index in [0.29, 0.717) is 29.2 Å². The van der Waals surface area contributed by atoms with Crippen LogP contribution in [0.3, 0.4) is 0 Å². The number of pyridine rings is 1. The average molecular weight is 493 g/mol. The molecule has 162 valence electrons. The Balaban J connectivity index is 1.87. The molecule has 1 aromatic heterocycles. The van der Waals surface area contributed by atoms with Gasteiger partial charge >= 0.3 is 0 Å². The number of anilines is 1. The van der Waals surface area contributed by atoms with Gasteiger partial charge in [-0.2, -0.15) is 0 Å². The second-order valence-corrected chi connectivity index (χ2v) is 8.22. The fourth-order valence-corrected chi connectivity index (χ4v) is 3.93. The molecule has 2 aromatic carbocycles. The SMILES string of the molecule is CCCOc1cccc(/C(O)=C2/C(=O)C(=O)N(c3ccc(Br)cc3)C2c2ccncc2)c1. The molecular weight excluding hydrogens is 472 g/mol. The molecule has 1 amide bonds. The lowest BCUT2D eigenvalue weighted by atomic mass is 9.95. The van der Waals surface area contributed by atoms with E-state index in [1.54, 1.807) is 73.1 Å². The van der Waals surface area contributed by atoms with E-state index in [1.807, 2.05) is 6.92 Å². The number of hydrogen-bond acceptors (Lipinski definition) is 5. The molecule has 0 spiro atoms. The molecule has 2 heterocycles. The van der Waals surface area contributed by atoms with Gasteiger partial charge in [0.25, 0.3) is 11.7 Å². The van der Waals surface area contributed by atoms with Crippen LogP contribution >= 0.6 is 15.9 Å². The third-order valence-electron chi connectivity index (χ3n) is 5.15. The highest BCUT2D eigenvalue weighted by molar-refractivity contribution is 9.10. The molecule has 1 aliphatic heterocycles. The number of ketones is 1. The van der Waals surface area contributed by atoms with Gasteiger partial charge in [-0.25, -0.2) is 0 Å². The first-order valence-electron chi connectivity index (χ1n) is 10.2. The Morgan fingerprint density at radius 1 is 1.09 bits per heavy atom. The summed E-state index contributed by atoms with van der Waals surface area (Å²) in [5.74, 6) is -1.11. The van der Waals surface area contributed by atoms with Crippen LogP contribution in [-0.2, 0) is 9.59 Å². The molecule has 32 heavy (non-hydrogen) atoms. The molecule has 1 aliphatic rings. The van der Waals surface area contributed by atoms with E-state index in [2.05, 4.69) is 20.9 Å². The van der Waals surface area contributed by atoms with Gasteiger partial charge in [0.15, 0.2) is 0 Å². The summed E-state index contributed by atoms with van der Waals surface area (Å²) in [6, 6.07) is 16.7. The number of carbonyl (C=O) groups excluding carboxylic acids is 2. The van der Waals surface area contributed by atoms with E-state index in [-0.39, 0.29) is 11.3 Å². The molecule has 1 saturated heterocycles. The Morgan fingerprint density at radius 3 is 2.50 bits per heavy atom. The standard InChI is InChI=1S/C25H21BrN2O4/c1-2-14-32-20-5-3-4-17(15-20)23(29)21-22(16-10-12-27-13-11-16)28(25(31)24(21)30)19-8-6-18(26)7-9-19/h3-13,15,22,29H,2,14H2,1H3/b23-21-. The Bertz CT molecular complexity index is 1180. The number of ether oxygens (including phenoxy) is 1. The molecule has 6 nitrogen and oxygen atoms in total. The number of aliphatic hydroxyl groups is 1. The lowest BCUT2D eigenvalue weighted by molar-refractivity contribution is -0.132. The van der Waals surface area contributed by atoms with Gasteiger partial charge in [-0.1, -0.05) is 35.0 Å². The van der Waals surface area contributed by atoms with Crippen molar-refractivity contribution in [3.8, 4) is 5.75 Å². The number of carbonyl (C=O) groups is 2. The van der Waals surface area contributed by atoms with Crippen LogP contribution in [0.15, 0.2) is 83.1 Å². The number of hydrogen-bond donors (Lipinski definition) is 1. The van der Waals surface area contributed by atoms with Crippen LogP contribution in [0.25, 0.3) is 5.76 Å². The van der Waals surface area contributed by atoms with Crippen molar-refractivity contribution in [2.45, 2.75) is 19.4 Å². The van der Waals surface area contributed by atoms with Crippen molar-refractivity contribution < 1.29 is 19.4 Å². The number of halogens is 1. The summed E-state index contributed by atoms with van der Waals surface area (Å²) in [7, 11) is 0. The Kier molecular flexibility index (Phi) is 6.37. The summed E-state index contributed by atoms with van der Waals surface area (Å²) in [5, 5.41) is 11.2. The van der Waals surface area contributed by atoms with Gasteiger partial charge in [-0.05, 0) is 60.5 Å². The maximum Gasteiger partial charge on any atom is 0.300 e. The number of Topliss-reactive ketones (excluding diaryl/α,β-unsaturated/α-hetero) is 1. The highest BCUT2D eigenvalue weighted by atomic mass is 79.9. The fraction of sp³-hybridized carbons (Fsp3) is 0.160. The van der Waals surface area contributed by atoms with E-state index in [1.165, 1.54) is 4.90 Å². The van der Waals surface area contributed by atoms with Crippen molar-refractivity contribution in [1.82, 2.24) is 4.98 Å². The van der Waals surface area contributed by atoms with E-state index in [0.717, 1.165) is 10.9 Å². The molecule has 4 rings (SSSR count). The maximum absolute atomic E-state index is 13.1. The molecule has 1 unspecified atom stereocenters. The number of benzene rings is 2. The summed E-state index contributed by atoms with van der Waals surface area (Å²) >= 11 is 3.39. The van der Waals surface area contributed by atoms with Crippen molar-refractivity contribution in [3.05, 3.63) is 94.2 Å².